The van der Waals surface area contributed by atoms with Gasteiger partial charge in [-0.1, -0.05) is 0 Å². The van der Waals surface area contributed by atoms with Crippen molar-refractivity contribution in [1.29, 1.82) is 0 Å². The summed E-state index contributed by atoms with van der Waals surface area (Å²) in [5.41, 5.74) is 0. The van der Waals surface area contributed by atoms with Crippen molar-refractivity contribution in [1.82, 2.24) is 0 Å². The van der Waals surface area contributed by atoms with Gasteiger partial charge >= 0.3 is 47.7 Å². The van der Waals surface area contributed by atoms with E-state index in [2.05, 4.69) is 6.08 Å². The third-order valence-corrected chi connectivity index (χ3v) is 2.41. The Morgan fingerprint density at radius 2 is 2.67 bits per heavy atom. The summed E-state index contributed by atoms with van der Waals surface area (Å²) < 4.78 is 1.08. The third-order valence-electron chi connectivity index (χ3n) is 0.726. The second kappa shape index (κ2) is 1.93. The zero-order chi connectivity index (χ0) is 4.41. The average molecular weight is 115 g/mol. The fourth-order valence-electron chi connectivity index (χ4n) is 0.429. The Bertz CT molecular complexity index is 101. The van der Waals surface area contributed by atoms with E-state index < -0.39 is 0 Å². The third kappa shape index (κ3) is 0.945. The van der Waals surface area contributed by atoms with Crippen LogP contribution in [-0.2, 0) is 0 Å². The number of allylic oxidation sites excluding steroid dienone is 2. The van der Waals surface area contributed by atoms with Gasteiger partial charge in [-0.3, -0.25) is 0 Å². The van der Waals surface area contributed by atoms with Gasteiger partial charge in [0, 0.05) is 0 Å². The van der Waals surface area contributed by atoms with Crippen LogP contribution in [-0.4, -0.2) is 18.6 Å². The molecule has 0 aromatic rings. The van der Waals surface area contributed by atoms with E-state index in [-0.39, 0.29) is 0 Å². The van der Waals surface area contributed by atoms with Gasteiger partial charge < -0.3 is 0 Å². The quantitative estimate of drug-likeness (QED) is 0.413. The predicted molar refractivity (Wildman–Crippen MR) is 30.6 cm³/mol. The summed E-state index contributed by atoms with van der Waals surface area (Å²) in [7, 11) is 0. The first-order valence-corrected chi connectivity index (χ1v) is 3.69. The molecule has 0 saturated carbocycles. The van der Waals surface area contributed by atoms with Crippen molar-refractivity contribution >= 4 is 30.2 Å². The van der Waals surface area contributed by atoms with Gasteiger partial charge in [-0.2, -0.15) is 0 Å². The second-order valence-corrected chi connectivity index (χ2v) is 3.53. The minimum atomic E-state index is 0.446. The topological polar surface area (TPSA) is 0 Å². The molecule has 0 fully saturated rings. The van der Waals surface area contributed by atoms with Crippen molar-refractivity contribution in [3.63, 3.8) is 0 Å². The van der Waals surface area contributed by atoms with Crippen LogP contribution < -0.4 is 0 Å². The molecule has 1 aliphatic rings. The van der Waals surface area contributed by atoms with Crippen LogP contribution in [0.3, 0.4) is 0 Å². The van der Waals surface area contributed by atoms with Crippen LogP contribution in [0.5, 0.6) is 0 Å². The molecule has 0 spiro atoms. The first-order valence-electron chi connectivity index (χ1n) is 1.92. The monoisotopic (exact) mass is 114 g/mol. The summed E-state index contributed by atoms with van der Waals surface area (Å²) in [6, 6.07) is 0. The van der Waals surface area contributed by atoms with E-state index >= 15 is 0 Å². The van der Waals surface area contributed by atoms with E-state index in [1.165, 1.54) is 5.28 Å². The molecular weight excluding hydrogens is 110 g/mol. The standard InChI is InChI=1S/C4H4Cl.Al/c1-2-3-4-5;/h2-3H,1H2;. The van der Waals surface area contributed by atoms with Gasteiger partial charge in [-0.25, -0.2) is 0 Å². The minimum absolute atomic E-state index is 0.446. The molecule has 1 rings (SSSR count). The van der Waals surface area contributed by atoms with Gasteiger partial charge in [-0.15, -0.1) is 0 Å². The molecule has 0 atom stereocenters. The van der Waals surface area contributed by atoms with Gasteiger partial charge in [0.25, 0.3) is 0 Å². The van der Waals surface area contributed by atoms with E-state index in [1.807, 2.05) is 6.08 Å². The van der Waals surface area contributed by atoms with Crippen LogP contribution in [0.15, 0.2) is 12.2 Å². The molecule has 0 radical (unpaired) electrons. The molecule has 2 heteroatoms. The maximum absolute atomic E-state index is 5.58. The number of rotatable bonds is 0. The molecule has 0 bridgehead atoms. The predicted octanol–water partition coefficient (Wildman–Crippen LogP) is 1.05. The second-order valence-electron chi connectivity index (χ2n) is 1.23. The van der Waals surface area contributed by atoms with E-state index in [0.717, 1.165) is 3.84 Å². The zero-order valence-corrected chi connectivity index (χ0v) is 5.23. The van der Waals surface area contributed by atoms with Gasteiger partial charge in [0.05, 0.1) is 0 Å². The molecular formula is C4H4AlCl. The molecule has 1 heterocycles. The Balaban J connectivity index is 2.68. The Morgan fingerprint density at radius 3 is 2.83 bits per heavy atom. The van der Waals surface area contributed by atoms with Crippen molar-refractivity contribution in [2.45, 2.75) is 5.28 Å². The van der Waals surface area contributed by atoms with Crippen molar-refractivity contribution in [2.24, 2.45) is 0 Å². The normalized spacial score (nSPS) is 17.2. The van der Waals surface area contributed by atoms with E-state index in [4.69, 9.17) is 11.6 Å². The molecule has 1 aliphatic heterocycles. The van der Waals surface area contributed by atoms with Crippen LogP contribution in [0.4, 0.5) is 0 Å². The molecule has 0 aromatic carbocycles. The number of halogens is 1. The molecule has 0 nitrogen and oxygen atoms in total. The van der Waals surface area contributed by atoms with Crippen LogP contribution >= 0.6 is 11.6 Å². The number of hydrogen-bond donors (Lipinski definition) is 0. The summed E-state index contributed by atoms with van der Waals surface area (Å²) >= 11 is 6.03. The molecule has 30 valence electrons. The van der Waals surface area contributed by atoms with Gasteiger partial charge in [0.1, 0.15) is 0 Å². The van der Waals surface area contributed by atoms with Crippen LogP contribution in [0, 0.1) is 0 Å². The molecule has 0 unspecified atom stereocenters. The van der Waals surface area contributed by atoms with E-state index in [1.54, 1.807) is 0 Å². The van der Waals surface area contributed by atoms with Gasteiger partial charge in [0.2, 0.25) is 0 Å². The van der Waals surface area contributed by atoms with Crippen LogP contribution in [0.1, 0.15) is 0 Å². The molecule has 0 aromatic heterocycles. The summed E-state index contributed by atoms with van der Waals surface area (Å²) in [6.07, 6.45) is 4.12. The summed E-state index contributed by atoms with van der Waals surface area (Å²) in [5.74, 6) is 0. The Hall–Kier alpha value is 0.432. The fourth-order valence-corrected chi connectivity index (χ4v) is 1.56. The van der Waals surface area contributed by atoms with Gasteiger partial charge in [-0.05, 0) is 0 Å². The summed E-state index contributed by atoms with van der Waals surface area (Å²) in [5, 5.41) is 1.22. The number of hydrogen-bond acceptors (Lipinski definition) is 0. The van der Waals surface area contributed by atoms with E-state index in [9.17, 15) is 0 Å². The Kier molecular flexibility index (Phi) is 1.48. The fraction of sp³-hybridized carbons (Fsp3) is 0.250. The van der Waals surface area contributed by atoms with Crippen LogP contribution in [0.2, 0.25) is 5.28 Å². The van der Waals surface area contributed by atoms with Crippen molar-refractivity contribution < 1.29 is 0 Å². The first-order chi connectivity index (χ1) is 2.89. The molecule has 0 amide bonds. The molecule has 6 heavy (non-hydrogen) atoms. The van der Waals surface area contributed by atoms with Crippen molar-refractivity contribution in [3.05, 3.63) is 12.2 Å². The SMILES string of the molecule is Cl[C]1=[Al][CH2]C=C1. The molecule has 0 N–H and O–H groups in total. The maximum atomic E-state index is 5.58. The Labute approximate surface area is 48.1 Å². The summed E-state index contributed by atoms with van der Waals surface area (Å²) in [4.78, 5) is 0. The zero-order valence-electron chi connectivity index (χ0n) is 3.32. The molecule has 0 aliphatic carbocycles. The molecule has 0 saturated heterocycles. The van der Waals surface area contributed by atoms with Crippen molar-refractivity contribution in [3.8, 4) is 0 Å². The van der Waals surface area contributed by atoms with Crippen LogP contribution in [0.25, 0.3) is 0 Å². The first kappa shape index (κ1) is 4.59. The summed E-state index contributed by atoms with van der Waals surface area (Å²) in [6.45, 7) is 0. The van der Waals surface area contributed by atoms with Gasteiger partial charge in [0.15, 0.2) is 0 Å². The average Bonchev–Trinajstić information content (AvgIpc) is 1.86. The van der Waals surface area contributed by atoms with Crippen molar-refractivity contribution in [2.75, 3.05) is 0 Å². The van der Waals surface area contributed by atoms with E-state index in [0.29, 0.717) is 14.8 Å². The Morgan fingerprint density at radius 1 is 1.83 bits per heavy atom.